The molecular weight excluding hydrogens is 259 g/mol. The number of carbonyl (C=O) groups excluding carboxylic acids is 1. The minimum absolute atomic E-state index is 0.0705. The predicted molar refractivity (Wildman–Crippen MR) is 73.3 cm³/mol. The smallest absolute Gasteiger partial charge is 0.221 e. The molecule has 0 saturated carbocycles. The van der Waals surface area contributed by atoms with E-state index in [2.05, 4.69) is 22.1 Å². The predicted octanol–water partition coefficient (Wildman–Crippen LogP) is 0.491. The lowest BCUT2D eigenvalue weighted by atomic mass is 10.1. The summed E-state index contributed by atoms with van der Waals surface area (Å²) < 4.78 is 13.5. The first-order valence-electron chi connectivity index (χ1n) is 6.56. The maximum atomic E-state index is 13.5. The number of halogens is 1. The number of aliphatic hydroxyl groups is 1. The van der Waals surface area contributed by atoms with Gasteiger partial charge in [0.2, 0.25) is 5.91 Å². The first-order chi connectivity index (χ1) is 9.69. The summed E-state index contributed by atoms with van der Waals surface area (Å²) in [5.74, 6) is 4.73. The van der Waals surface area contributed by atoms with Crippen molar-refractivity contribution < 1.29 is 14.3 Å². The van der Waals surface area contributed by atoms with Gasteiger partial charge in [0.15, 0.2) is 0 Å². The Bertz CT molecular complexity index is 549. The molecule has 0 aromatic heterocycles. The number of amides is 1. The van der Waals surface area contributed by atoms with E-state index in [1.807, 2.05) is 0 Å². The molecule has 2 rings (SSSR count). The van der Waals surface area contributed by atoms with E-state index in [-0.39, 0.29) is 18.3 Å². The number of rotatable bonds is 2. The van der Waals surface area contributed by atoms with Gasteiger partial charge in [-0.1, -0.05) is 17.9 Å². The van der Waals surface area contributed by atoms with Crippen molar-refractivity contribution in [1.29, 1.82) is 0 Å². The highest BCUT2D eigenvalue weighted by molar-refractivity contribution is 5.76. The van der Waals surface area contributed by atoms with E-state index in [9.17, 15) is 9.18 Å². The van der Waals surface area contributed by atoms with E-state index in [1.165, 1.54) is 6.07 Å². The molecule has 2 N–H and O–H groups in total. The van der Waals surface area contributed by atoms with Crippen LogP contribution < -0.4 is 5.32 Å². The molecule has 0 unspecified atom stereocenters. The van der Waals surface area contributed by atoms with Crippen molar-refractivity contribution in [3.8, 4) is 11.8 Å². The average Bonchev–Trinajstić information content (AvgIpc) is 2.64. The third-order valence-electron chi connectivity index (χ3n) is 3.14. The monoisotopic (exact) mass is 276 g/mol. The van der Waals surface area contributed by atoms with Crippen molar-refractivity contribution in [3.05, 3.63) is 35.1 Å². The van der Waals surface area contributed by atoms with Crippen LogP contribution in [-0.4, -0.2) is 42.2 Å². The lowest BCUT2D eigenvalue weighted by Gasteiger charge is -2.19. The van der Waals surface area contributed by atoms with Gasteiger partial charge in [-0.3, -0.25) is 9.69 Å². The Hall–Kier alpha value is -1.90. The molecule has 1 aliphatic heterocycles. The zero-order chi connectivity index (χ0) is 14.4. The third kappa shape index (κ3) is 4.05. The minimum Gasteiger partial charge on any atom is -0.384 e. The normalized spacial score (nSPS) is 16.0. The van der Waals surface area contributed by atoms with Crippen molar-refractivity contribution in [1.82, 2.24) is 10.2 Å². The minimum atomic E-state index is -0.387. The van der Waals surface area contributed by atoms with Crippen LogP contribution in [-0.2, 0) is 11.3 Å². The highest BCUT2D eigenvalue weighted by Crippen LogP contribution is 2.12. The van der Waals surface area contributed by atoms with Crippen LogP contribution in [0.1, 0.15) is 17.5 Å². The second-order valence-corrected chi connectivity index (χ2v) is 4.65. The highest BCUT2D eigenvalue weighted by Gasteiger charge is 2.13. The van der Waals surface area contributed by atoms with Gasteiger partial charge < -0.3 is 10.4 Å². The van der Waals surface area contributed by atoms with Crippen LogP contribution >= 0.6 is 0 Å². The molecule has 0 atom stereocenters. The Morgan fingerprint density at radius 3 is 3.05 bits per heavy atom. The van der Waals surface area contributed by atoms with Crippen molar-refractivity contribution in [2.45, 2.75) is 13.0 Å². The first kappa shape index (κ1) is 14.5. The molecular formula is C15H17FN2O2. The van der Waals surface area contributed by atoms with Crippen LogP contribution in [0.5, 0.6) is 0 Å². The molecule has 4 nitrogen and oxygen atoms in total. The van der Waals surface area contributed by atoms with E-state index >= 15 is 0 Å². The second-order valence-electron chi connectivity index (χ2n) is 4.65. The Kier molecular flexibility index (Phi) is 5.10. The van der Waals surface area contributed by atoms with Crippen LogP contribution in [0, 0.1) is 17.7 Å². The van der Waals surface area contributed by atoms with Gasteiger partial charge in [-0.2, -0.15) is 0 Å². The second kappa shape index (κ2) is 7.04. The third-order valence-corrected chi connectivity index (χ3v) is 3.14. The number of benzene rings is 1. The topological polar surface area (TPSA) is 52.6 Å². The van der Waals surface area contributed by atoms with Gasteiger partial charge >= 0.3 is 0 Å². The van der Waals surface area contributed by atoms with Crippen LogP contribution in [0.3, 0.4) is 0 Å². The van der Waals surface area contributed by atoms with E-state index in [1.54, 1.807) is 12.1 Å². The molecule has 1 saturated heterocycles. The number of nitrogens with zero attached hydrogens (tertiary/aromatic N) is 1. The fourth-order valence-electron chi connectivity index (χ4n) is 2.13. The van der Waals surface area contributed by atoms with Crippen LogP contribution in [0.25, 0.3) is 0 Å². The van der Waals surface area contributed by atoms with E-state index in [0.29, 0.717) is 31.6 Å². The zero-order valence-corrected chi connectivity index (χ0v) is 11.2. The Balaban J connectivity index is 2.07. The van der Waals surface area contributed by atoms with Crippen molar-refractivity contribution in [2.75, 3.05) is 26.2 Å². The maximum absolute atomic E-state index is 13.5. The molecule has 106 valence electrons. The molecule has 20 heavy (non-hydrogen) atoms. The maximum Gasteiger partial charge on any atom is 0.221 e. The Morgan fingerprint density at radius 1 is 1.40 bits per heavy atom. The van der Waals surface area contributed by atoms with Crippen molar-refractivity contribution in [2.24, 2.45) is 0 Å². The highest BCUT2D eigenvalue weighted by atomic mass is 19.1. The summed E-state index contributed by atoms with van der Waals surface area (Å²) in [6, 6.07) is 4.80. The first-order valence-corrected chi connectivity index (χ1v) is 6.56. The number of nitrogens with one attached hydrogen (secondary N) is 1. The standard InChI is InChI=1S/C15H17FN2O2/c16-14-4-3-12(10-13(14)2-1-9-19)11-18-7-5-15(20)17-6-8-18/h3-4,10,19H,5-9,11H2,(H,17,20). The molecule has 1 aliphatic rings. The van der Waals surface area contributed by atoms with Gasteiger partial charge in [-0.05, 0) is 17.7 Å². The van der Waals surface area contributed by atoms with Gasteiger partial charge in [-0.15, -0.1) is 0 Å². The van der Waals surface area contributed by atoms with E-state index < -0.39 is 0 Å². The molecule has 0 aliphatic carbocycles. The molecule has 1 amide bonds. The summed E-state index contributed by atoms with van der Waals surface area (Å²) in [4.78, 5) is 13.4. The summed E-state index contributed by atoms with van der Waals surface area (Å²) in [5, 5.41) is 11.5. The summed E-state index contributed by atoms with van der Waals surface area (Å²) in [6.45, 7) is 2.48. The van der Waals surface area contributed by atoms with Gasteiger partial charge in [0.05, 0.1) is 5.56 Å². The lowest BCUT2D eigenvalue weighted by Crippen LogP contribution is -2.28. The molecule has 0 bridgehead atoms. The number of hydrogen-bond acceptors (Lipinski definition) is 3. The van der Waals surface area contributed by atoms with Gasteiger partial charge in [0.1, 0.15) is 12.4 Å². The van der Waals surface area contributed by atoms with E-state index in [0.717, 1.165) is 12.1 Å². The molecule has 1 heterocycles. The van der Waals surface area contributed by atoms with Gasteiger partial charge in [-0.25, -0.2) is 4.39 Å². The number of hydrogen-bond donors (Lipinski definition) is 2. The van der Waals surface area contributed by atoms with Gasteiger partial charge in [0, 0.05) is 32.6 Å². The average molecular weight is 276 g/mol. The summed E-state index contributed by atoms with van der Waals surface area (Å²) >= 11 is 0. The molecule has 0 spiro atoms. The number of carbonyl (C=O) groups is 1. The molecule has 5 heteroatoms. The van der Waals surface area contributed by atoms with Crippen LogP contribution in [0.15, 0.2) is 18.2 Å². The summed E-state index contributed by atoms with van der Waals surface area (Å²) in [7, 11) is 0. The summed E-state index contributed by atoms with van der Waals surface area (Å²) in [6.07, 6.45) is 0.484. The summed E-state index contributed by atoms with van der Waals surface area (Å²) in [5.41, 5.74) is 1.24. The fourth-order valence-corrected chi connectivity index (χ4v) is 2.13. The largest absolute Gasteiger partial charge is 0.384 e. The van der Waals surface area contributed by atoms with Crippen molar-refractivity contribution in [3.63, 3.8) is 0 Å². The quantitative estimate of drug-likeness (QED) is 0.773. The Morgan fingerprint density at radius 2 is 2.25 bits per heavy atom. The lowest BCUT2D eigenvalue weighted by molar-refractivity contribution is -0.120. The molecule has 1 fully saturated rings. The van der Waals surface area contributed by atoms with Gasteiger partial charge in [0.25, 0.3) is 0 Å². The molecule has 0 radical (unpaired) electrons. The van der Waals surface area contributed by atoms with Crippen LogP contribution in [0.2, 0.25) is 0 Å². The number of aliphatic hydroxyl groups excluding tert-OH is 1. The van der Waals surface area contributed by atoms with E-state index in [4.69, 9.17) is 5.11 Å². The Labute approximate surface area is 117 Å². The van der Waals surface area contributed by atoms with Crippen molar-refractivity contribution >= 4 is 5.91 Å². The fraction of sp³-hybridized carbons (Fsp3) is 0.400. The molecule has 1 aromatic carbocycles. The molecule has 1 aromatic rings. The zero-order valence-electron chi connectivity index (χ0n) is 11.2. The SMILES string of the molecule is O=C1CCN(Cc2ccc(F)c(C#CCO)c2)CCN1. The van der Waals surface area contributed by atoms with Crippen LogP contribution in [0.4, 0.5) is 4.39 Å².